The van der Waals surface area contributed by atoms with Crippen molar-refractivity contribution in [2.45, 2.75) is 31.7 Å². The van der Waals surface area contributed by atoms with Crippen LogP contribution in [0.4, 0.5) is 5.82 Å². The molecule has 1 atom stereocenters. The van der Waals surface area contributed by atoms with Crippen LogP contribution in [0.2, 0.25) is 0 Å². The van der Waals surface area contributed by atoms with Gasteiger partial charge in [0.05, 0.1) is 6.04 Å². The summed E-state index contributed by atoms with van der Waals surface area (Å²) in [6.07, 6.45) is 4.24. The van der Waals surface area contributed by atoms with Gasteiger partial charge in [-0.05, 0) is 31.4 Å². The molecule has 21 heavy (non-hydrogen) atoms. The minimum absolute atomic E-state index is 0.0596. The minimum atomic E-state index is -0.181. The molecule has 1 aliphatic carbocycles. The Hall–Kier alpha value is -2.86. The molecule has 0 aromatic carbocycles. The van der Waals surface area contributed by atoms with Crippen molar-refractivity contribution in [3.8, 4) is 12.1 Å². The Morgan fingerprint density at radius 1 is 1.33 bits per heavy atom. The number of rotatable bonds is 3. The lowest BCUT2D eigenvalue weighted by Crippen LogP contribution is -2.12. The maximum atomic E-state index is 9.05. The third-order valence-electron chi connectivity index (χ3n) is 3.82. The summed E-state index contributed by atoms with van der Waals surface area (Å²) in [5.74, 6) is 0.826. The fraction of sp³-hybridized carbons (Fsp3) is 0.333. The van der Waals surface area contributed by atoms with Gasteiger partial charge in [0.2, 0.25) is 0 Å². The first-order chi connectivity index (χ1) is 10.2. The molecule has 1 saturated carbocycles. The van der Waals surface area contributed by atoms with Crippen molar-refractivity contribution in [1.29, 1.82) is 10.5 Å². The van der Waals surface area contributed by atoms with E-state index in [1.807, 2.05) is 37.4 Å². The molecule has 1 aliphatic rings. The summed E-state index contributed by atoms with van der Waals surface area (Å²) in [7, 11) is 0. The van der Waals surface area contributed by atoms with Gasteiger partial charge < -0.3 is 5.73 Å². The van der Waals surface area contributed by atoms with Gasteiger partial charge in [0.15, 0.2) is 5.69 Å². The van der Waals surface area contributed by atoms with E-state index in [1.165, 1.54) is 17.5 Å². The lowest BCUT2D eigenvalue weighted by atomic mass is 10.1. The van der Waals surface area contributed by atoms with E-state index in [4.69, 9.17) is 16.3 Å². The highest BCUT2D eigenvalue weighted by molar-refractivity contribution is 5.56. The largest absolute Gasteiger partial charge is 0.383 e. The molecular formula is C15H14N6. The van der Waals surface area contributed by atoms with Gasteiger partial charge >= 0.3 is 0 Å². The first-order valence-corrected chi connectivity index (χ1v) is 6.79. The Labute approximate surface area is 122 Å². The molecule has 104 valence electrons. The topological polar surface area (TPSA) is 104 Å². The Morgan fingerprint density at radius 2 is 2.10 bits per heavy atom. The third-order valence-corrected chi connectivity index (χ3v) is 3.82. The first kappa shape index (κ1) is 13.1. The highest BCUT2D eigenvalue weighted by Gasteiger charge is 2.25. The van der Waals surface area contributed by atoms with E-state index in [9.17, 15) is 0 Å². The number of hydrogen-bond acceptors (Lipinski definition) is 5. The van der Waals surface area contributed by atoms with Crippen molar-refractivity contribution in [2.24, 2.45) is 0 Å². The zero-order valence-electron chi connectivity index (χ0n) is 11.6. The number of pyridine rings is 1. The number of nitriles is 2. The number of nitrogen functional groups attached to an aromatic ring is 1. The number of nitrogens with zero attached hydrogens (tertiary/aromatic N) is 5. The van der Waals surface area contributed by atoms with Crippen molar-refractivity contribution in [3.05, 3.63) is 40.8 Å². The quantitative estimate of drug-likeness (QED) is 0.925. The van der Waals surface area contributed by atoms with Gasteiger partial charge in [0.25, 0.3) is 0 Å². The summed E-state index contributed by atoms with van der Waals surface area (Å²) in [5.41, 5.74) is 8.18. The molecule has 0 aliphatic heterocycles. The Balaban J connectivity index is 1.94. The average molecular weight is 278 g/mol. The lowest BCUT2D eigenvalue weighted by molar-refractivity contribution is 0.569. The molecule has 2 aromatic rings. The second kappa shape index (κ2) is 4.92. The van der Waals surface area contributed by atoms with Crippen LogP contribution >= 0.6 is 0 Å². The van der Waals surface area contributed by atoms with Crippen molar-refractivity contribution < 1.29 is 0 Å². The monoisotopic (exact) mass is 278 g/mol. The highest BCUT2D eigenvalue weighted by Crippen LogP contribution is 2.39. The SMILES string of the molecule is CC(c1ccc(C2CC2)nc1)n1nc(C#N)c(C#N)c1N. The molecule has 2 N–H and O–H groups in total. The van der Waals surface area contributed by atoms with E-state index < -0.39 is 0 Å². The zero-order chi connectivity index (χ0) is 15.0. The van der Waals surface area contributed by atoms with Crippen LogP contribution in [0, 0.1) is 22.7 Å². The third kappa shape index (κ3) is 2.21. The molecule has 1 unspecified atom stereocenters. The summed E-state index contributed by atoms with van der Waals surface area (Å²) in [4.78, 5) is 4.47. The minimum Gasteiger partial charge on any atom is -0.383 e. The second-order valence-electron chi connectivity index (χ2n) is 5.24. The molecule has 2 heterocycles. The fourth-order valence-electron chi connectivity index (χ4n) is 2.36. The molecule has 3 rings (SSSR count). The van der Waals surface area contributed by atoms with Crippen LogP contribution in [-0.4, -0.2) is 14.8 Å². The molecule has 0 amide bonds. The first-order valence-electron chi connectivity index (χ1n) is 6.79. The second-order valence-corrected chi connectivity index (χ2v) is 5.24. The van der Waals surface area contributed by atoms with Gasteiger partial charge in [0, 0.05) is 17.8 Å². The van der Waals surface area contributed by atoms with Crippen molar-refractivity contribution >= 4 is 5.82 Å². The van der Waals surface area contributed by atoms with Gasteiger partial charge in [0.1, 0.15) is 23.5 Å². The molecule has 0 spiro atoms. The Morgan fingerprint density at radius 3 is 2.57 bits per heavy atom. The normalized spacial score (nSPS) is 15.2. The molecule has 0 saturated heterocycles. The molecule has 1 fully saturated rings. The van der Waals surface area contributed by atoms with Crippen LogP contribution in [0.1, 0.15) is 54.2 Å². The van der Waals surface area contributed by atoms with Gasteiger partial charge in [-0.2, -0.15) is 15.6 Å². The number of anilines is 1. The van der Waals surface area contributed by atoms with E-state index in [0.29, 0.717) is 5.92 Å². The summed E-state index contributed by atoms with van der Waals surface area (Å²) in [6.45, 7) is 1.92. The van der Waals surface area contributed by atoms with E-state index in [0.717, 1.165) is 11.3 Å². The van der Waals surface area contributed by atoms with Gasteiger partial charge in [-0.1, -0.05) is 6.07 Å². The van der Waals surface area contributed by atoms with Crippen molar-refractivity contribution in [1.82, 2.24) is 14.8 Å². The molecule has 2 aromatic heterocycles. The lowest BCUT2D eigenvalue weighted by Gasteiger charge is -2.14. The van der Waals surface area contributed by atoms with E-state index in [1.54, 1.807) is 0 Å². The molecule has 6 nitrogen and oxygen atoms in total. The van der Waals surface area contributed by atoms with Crippen LogP contribution in [0.5, 0.6) is 0 Å². The average Bonchev–Trinajstić information content (AvgIpc) is 3.30. The van der Waals surface area contributed by atoms with Crippen molar-refractivity contribution in [2.75, 3.05) is 5.73 Å². The molecule has 6 heteroatoms. The highest BCUT2D eigenvalue weighted by atomic mass is 15.3. The van der Waals surface area contributed by atoms with Crippen LogP contribution in [0.15, 0.2) is 18.3 Å². The van der Waals surface area contributed by atoms with E-state index in [2.05, 4.69) is 10.1 Å². The van der Waals surface area contributed by atoms with Gasteiger partial charge in [-0.3, -0.25) is 4.98 Å². The maximum Gasteiger partial charge on any atom is 0.182 e. The van der Waals surface area contributed by atoms with Crippen LogP contribution in [0.3, 0.4) is 0 Å². The molecular weight excluding hydrogens is 264 g/mol. The summed E-state index contributed by atoms with van der Waals surface area (Å²) >= 11 is 0. The van der Waals surface area contributed by atoms with Gasteiger partial charge in [-0.15, -0.1) is 0 Å². The Kier molecular flexibility index (Phi) is 3.08. The summed E-state index contributed by atoms with van der Waals surface area (Å²) < 4.78 is 1.50. The van der Waals surface area contributed by atoms with Crippen LogP contribution in [-0.2, 0) is 0 Å². The predicted molar refractivity (Wildman–Crippen MR) is 76.1 cm³/mol. The predicted octanol–water partition coefficient (Wildman–Crippen LogP) is 2.09. The maximum absolute atomic E-state index is 9.05. The molecule has 0 radical (unpaired) electrons. The standard InChI is InChI=1S/C15H14N6/c1-9(11-4-5-13(19-8-11)10-2-3-10)21-15(18)12(6-16)14(7-17)20-21/h4-5,8-10H,2-3,18H2,1H3. The Bertz CT molecular complexity index is 755. The number of hydrogen-bond donors (Lipinski definition) is 1. The molecule has 0 bridgehead atoms. The number of aromatic nitrogens is 3. The van der Waals surface area contributed by atoms with Crippen molar-refractivity contribution in [3.63, 3.8) is 0 Å². The van der Waals surface area contributed by atoms with Crippen LogP contribution in [0.25, 0.3) is 0 Å². The van der Waals surface area contributed by atoms with E-state index >= 15 is 0 Å². The smallest absolute Gasteiger partial charge is 0.182 e. The van der Waals surface area contributed by atoms with E-state index in [-0.39, 0.29) is 23.1 Å². The fourth-order valence-corrected chi connectivity index (χ4v) is 2.36. The van der Waals surface area contributed by atoms with Gasteiger partial charge in [-0.25, -0.2) is 4.68 Å². The summed E-state index contributed by atoms with van der Waals surface area (Å²) in [5, 5.41) is 22.2. The summed E-state index contributed by atoms with van der Waals surface area (Å²) in [6, 6.07) is 7.67. The zero-order valence-corrected chi connectivity index (χ0v) is 11.6. The van der Waals surface area contributed by atoms with Crippen LogP contribution < -0.4 is 5.73 Å². The number of nitrogens with two attached hydrogens (primary N) is 1.